The first kappa shape index (κ1) is 19.4. The van der Waals surface area contributed by atoms with Crippen LogP contribution in [0.25, 0.3) is 0 Å². The fourth-order valence-corrected chi connectivity index (χ4v) is 3.54. The number of rotatable bonds is 6. The fourth-order valence-electron chi connectivity index (χ4n) is 2.77. The van der Waals surface area contributed by atoms with E-state index in [9.17, 15) is 18.0 Å². The summed E-state index contributed by atoms with van der Waals surface area (Å²) in [6.07, 6.45) is 5.56. The summed E-state index contributed by atoms with van der Waals surface area (Å²) < 4.78 is 23.5. The third-order valence-corrected chi connectivity index (χ3v) is 6.52. The van der Waals surface area contributed by atoms with E-state index in [0.717, 1.165) is 25.7 Å². The van der Waals surface area contributed by atoms with Gasteiger partial charge in [-0.25, -0.2) is 8.42 Å². The summed E-state index contributed by atoms with van der Waals surface area (Å²) in [4.78, 5) is 24.1. The van der Waals surface area contributed by atoms with Crippen molar-refractivity contribution in [3.05, 3.63) is 29.8 Å². The van der Waals surface area contributed by atoms with Gasteiger partial charge in [0.2, 0.25) is 5.91 Å². The molecule has 1 aliphatic rings. The van der Waals surface area contributed by atoms with Gasteiger partial charge in [0.15, 0.2) is 9.84 Å². The normalized spacial score (nSPS) is 15.8. The third kappa shape index (κ3) is 5.85. The second-order valence-corrected chi connectivity index (χ2v) is 9.35. The largest absolute Gasteiger partial charge is 0.349 e. The molecule has 0 saturated heterocycles. The first-order chi connectivity index (χ1) is 11.8. The van der Waals surface area contributed by atoms with Gasteiger partial charge in [0.25, 0.3) is 5.91 Å². The first-order valence-electron chi connectivity index (χ1n) is 8.70. The number of anilines is 1. The van der Waals surface area contributed by atoms with E-state index >= 15 is 0 Å². The van der Waals surface area contributed by atoms with E-state index in [1.807, 2.05) is 0 Å². The lowest BCUT2D eigenvalue weighted by atomic mass is 9.95. The fraction of sp³-hybridized carbons (Fsp3) is 0.556. The number of sulfone groups is 1. The molecule has 0 radical (unpaired) electrons. The van der Waals surface area contributed by atoms with Gasteiger partial charge in [-0.05, 0) is 51.0 Å². The molecule has 0 bridgehead atoms. The topological polar surface area (TPSA) is 92.3 Å². The average molecular weight is 366 g/mol. The van der Waals surface area contributed by atoms with Crippen molar-refractivity contribution in [2.75, 3.05) is 11.1 Å². The molecule has 6 nitrogen and oxygen atoms in total. The molecule has 1 aliphatic carbocycles. The smallest absolute Gasteiger partial charge is 0.251 e. The lowest BCUT2D eigenvalue weighted by Gasteiger charge is -2.22. The Labute approximate surface area is 149 Å². The van der Waals surface area contributed by atoms with E-state index in [1.54, 1.807) is 38.1 Å². The number of hydrogen-bond acceptors (Lipinski definition) is 4. The molecule has 0 unspecified atom stereocenters. The quantitative estimate of drug-likeness (QED) is 0.809. The van der Waals surface area contributed by atoms with Crippen molar-refractivity contribution in [2.24, 2.45) is 0 Å². The molecule has 0 aliphatic heterocycles. The number of benzene rings is 1. The van der Waals surface area contributed by atoms with Crippen LogP contribution in [-0.2, 0) is 14.6 Å². The Balaban J connectivity index is 1.90. The van der Waals surface area contributed by atoms with Crippen LogP contribution >= 0.6 is 0 Å². The minimum Gasteiger partial charge on any atom is -0.349 e. The van der Waals surface area contributed by atoms with Crippen LogP contribution in [0.15, 0.2) is 24.3 Å². The zero-order chi connectivity index (χ0) is 18.4. The molecule has 1 saturated carbocycles. The zero-order valence-corrected chi connectivity index (χ0v) is 15.6. The molecule has 0 aromatic heterocycles. The van der Waals surface area contributed by atoms with Crippen LogP contribution in [0.2, 0.25) is 0 Å². The van der Waals surface area contributed by atoms with Crippen LogP contribution in [0.4, 0.5) is 5.69 Å². The highest BCUT2D eigenvalue weighted by Gasteiger charge is 2.21. The standard InChI is InChI=1S/C18H26N2O4S/c1-13(2)25(23,24)12-17(21)19-16-10-8-14(9-11-16)18(22)20-15-6-4-3-5-7-15/h8-11,13,15H,3-7,12H2,1-2H3,(H,19,21)(H,20,22). The van der Waals surface area contributed by atoms with Crippen molar-refractivity contribution < 1.29 is 18.0 Å². The Bertz CT molecular complexity index is 705. The van der Waals surface area contributed by atoms with Gasteiger partial charge in [0.05, 0.1) is 5.25 Å². The first-order valence-corrected chi connectivity index (χ1v) is 10.4. The van der Waals surface area contributed by atoms with Crippen LogP contribution in [0.5, 0.6) is 0 Å². The Morgan fingerprint density at radius 3 is 2.24 bits per heavy atom. The molecule has 1 aromatic carbocycles. The summed E-state index contributed by atoms with van der Waals surface area (Å²) in [5.74, 6) is -1.24. The molecule has 2 rings (SSSR count). The second kappa shape index (κ2) is 8.47. The van der Waals surface area contributed by atoms with E-state index < -0.39 is 26.7 Å². The average Bonchev–Trinajstić information content (AvgIpc) is 2.55. The lowest BCUT2D eigenvalue weighted by Crippen LogP contribution is -2.36. The van der Waals surface area contributed by atoms with Gasteiger partial charge in [0.1, 0.15) is 5.75 Å². The SMILES string of the molecule is CC(C)S(=O)(=O)CC(=O)Nc1ccc(C(=O)NC2CCCCC2)cc1. The molecule has 0 spiro atoms. The Morgan fingerprint density at radius 2 is 1.68 bits per heavy atom. The second-order valence-electron chi connectivity index (χ2n) is 6.79. The number of hydrogen-bond donors (Lipinski definition) is 2. The van der Waals surface area contributed by atoms with Crippen molar-refractivity contribution >= 4 is 27.3 Å². The number of amides is 2. The molecule has 0 atom stereocenters. The van der Waals surface area contributed by atoms with Gasteiger partial charge in [0, 0.05) is 17.3 Å². The molecule has 0 heterocycles. The number of carbonyl (C=O) groups excluding carboxylic acids is 2. The van der Waals surface area contributed by atoms with Gasteiger partial charge >= 0.3 is 0 Å². The molecule has 7 heteroatoms. The Hall–Kier alpha value is -1.89. The van der Waals surface area contributed by atoms with Gasteiger partial charge in [-0.1, -0.05) is 19.3 Å². The summed E-state index contributed by atoms with van der Waals surface area (Å²) in [5, 5.41) is 4.99. The number of carbonyl (C=O) groups is 2. The van der Waals surface area contributed by atoms with Crippen molar-refractivity contribution in [2.45, 2.75) is 57.2 Å². The minimum absolute atomic E-state index is 0.118. The molecule has 1 fully saturated rings. The van der Waals surface area contributed by atoms with Crippen LogP contribution in [0.3, 0.4) is 0 Å². The zero-order valence-electron chi connectivity index (χ0n) is 14.7. The van der Waals surface area contributed by atoms with Crippen LogP contribution in [-0.4, -0.2) is 37.3 Å². The van der Waals surface area contributed by atoms with E-state index in [1.165, 1.54) is 6.42 Å². The Kier molecular flexibility index (Phi) is 6.58. The Morgan fingerprint density at radius 1 is 1.08 bits per heavy atom. The van der Waals surface area contributed by atoms with Crippen LogP contribution < -0.4 is 10.6 Å². The molecular formula is C18H26N2O4S. The molecule has 2 N–H and O–H groups in total. The highest BCUT2D eigenvalue weighted by Crippen LogP contribution is 2.18. The van der Waals surface area contributed by atoms with Crippen LogP contribution in [0.1, 0.15) is 56.3 Å². The maximum Gasteiger partial charge on any atom is 0.251 e. The molecule has 138 valence electrons. The highest BCUT2D eigenvalue weighted by molar-refractivity contribution is 7.92. The van der Waals surface area contributed by atoms with Crippen LogP contribution in [0, 0.1) is 0 Å². The molecule has 25 heavy (non-hydrogen) atoms. The summed E-state index contributed by atoms with van der Waals surface area (Å²) in [6.45, 7) is 3.09. The maximum atomic E-state index is 12.2. The third-order valence-electron chi connectivity index (χ3n) is 4.42. The van der Waals surface area contributed by atoms with Gasteiger partial charge in [-0.3, -0.25) is 9.59 Å². The minimum atomic E-state index is -3.43. The van der Waals surface area contributed by atoms with Crippen molar-refractivity contribution in [3.63, 3.8) is 0 Å². The summed E-state index contributed by atoms with van der Waals surface area (Å²) in [6, 6.07) is 6.71. The summed E-state index contributed by atoms with van der Waals surface area (Å²) in [7, 11) is -3.43. The molecule has 1 aromatic rings. The van der Waals surface area contributed by atoms with Gasteiger partial charge in [-0.2, -0.15) is 0 Å². The number of nitrogens with one attached hydrogen (secondary N) is 2. The van der Waals surface area contributed by atoms with Crippen molar-refractivity contribution in [3.8, 4) is 0 Å². The summed E-state index contributed by atoms with van der Waals surface area (Å²) >= 11 is 0. The van der Waals surface area contributed by atoms with E-state index in [4.69, 9.17) is 0 Å². The predicted octanol–water partition coefficient (Wildman–Crippen LogP) is 2.51. The van der Waals surface area contributed by atoms with Gasteiger partial charge in [-0.15, -0.1) is 0 Å². The monoisotopic (exact) mass is 366 g/mol. The van der Waals surface area contributed by atoms with E-state index in [-0.39, 0.29) is 11.9 Å². The highest BCUT2D eigenvalue weighted by atomic mass is 32.2. The van der Waals surface area contributed by atoms with Crippen molar-refractivity contribution in [1.29, 1.82) is 0 Å². The lowest BCUT2D eigenvalue weighted by molar-refractivity contribution is -0.113. The van der Waals surface area contributed by atoms with Gasteiger partial charge < -0.3 is 10.6 Å². The maximum absolute atomic E-state index is 12.2. The summed E-state index contributed by atoms with van der Waals surface area (Å²) in [5.41, 5.74) is 0.997. The van der Waals surface area contributed by atoms with Crippen molar-refractivity contribution in [1.82, 2.24) is 5.32 Å². The van der Waals surface area contributed by atoms with E-state index in [0.29, 0.717) is 11.3 Å². The van der Waals surface area contributed by atoms with E-state index in [2.05, 4.69) is 10.6 Å². The molecule has 2 amide bonds. The predicted molar refractivity (Wildman–Crippen MR) is 98.3 cm³/mol. The molecular weight excluding hydrogens is 340 g/mol.